The third-order valence-corrected chi connectivity index (χ3v) is 1.74. The molecule has 1 fully saturated rings. The van der Waals surface area contributed by atoms with Crippen molar-refractivity contribution in [1.82, 2.24) is 0 Å². The first-order valence-electron chi connectivity index (χ1n) is 5.83. The average Bonchev–Trinajstić information content (AvgIpc) is 2.53. The van der Waals surface area contributed by atoms with Crippen LogP contribution in [-0.4, -0.2) is 25.4 Å². The van der Waals surface area contributed by atoms with Gasteiger partial charge in [-0.15, -0.1) is 13.2 Å². The predicted molar refractivity (Wildman–Crippen MR) is 69.2 cm³/mol. The van der Waals surface area contributed by atoms with Crippen LogP contribution in [0.3, 0.4) is 0 Å². The maximum Gasteiger partial charge on any atom is 0.0468 e. The lowest BCUT2D eigenvalue weighted by molar-refractivity contribution is 0.142. The molecule has 0 aromatic heterocycles. The number of rotatable bonds is 0. The minimum absolute atomic E-state index is 0.900. The van der Waals surface area contributed by atoms with Crippen molar-refractivity contribution < 1.29 is 9.84 Å². The van der Waals surface area contributed by atoms with E-state index in [1.807, 2.05) is 0 Å². The van der Waals surface area contributed by atoms with Crippen LogP contribution in [0.25, 0.3) is 0 Å². The minimum atomic E-state index is 0.900. The van der Waals surface area contributed by atoms with Gasteiger partial charge in [-0.25, -0.2) is 0 Å². The second-order valence-electron chi connectivity index (χ2n) is 3.36. The summed E-state index contributed by atoms with van der Waals surface area (Å²) in [7, 11) is 1.00. The quantitative estimate of drug-likeness (QED) is 0.629. The Kier molecular flexibility index (Phi) is 31.5. The Labute approximate surface area is 96.3 Å². The van der Waals surface area contributed by atoms with Gasteiger partial charge in [0.15, 0.2) is 0 Å². The zero-order chi connectivity index (χ0) is 12.5. The van der Waals surface area contributed by atoms with Crippen LogP contribution in [0, 0.1) is 5.92 Å². The Hall–Kier alpha value is -0.340. The Bertz CT molecular complexity index is 76.6. The zero-order valence-corrected chi connectivity index (χ0v) is 11.1. The molecule has 0 spiro atoms. The van der Waals surface area contributed by atoms with Gasteiger partial charge in [0, 0.05) is 20.3 Å². The van der Waals surface area contributed by atoms with Gasteiger partial charge < -0.3 is 9.84 Å². The van der Waals surface area contributed by atoms with Gasteiger partial charge in [-0.2, -0.15) is 0 Å². The second-order valence-corrected chi connectivity index (χ2v) is 3.36. The van der Waals surface area contributed by atoms with Crippen molar-refractivity contribution in [2.45, 2.75) is 46.5 Å². The first-order chi connectivity index (χ1) is 7.31. The lowest BCUT2D eigenvalue weighted by Gasteiger charge is -2.01. The molecule has 1 rings (SSSR count). The second kappa shape index (κ2) is 23.5. The molecule has 0 aromatic carbocycles. The van der Waals surface area contributed by atoms with Crippen molar-refractivity contribution in [3.8, 4) is 0 Å². The lowest BCUT2D eigenvalue weighted by Crippen LogP contribution is -1.93. The Morgan fingerprint density at radius 2 is 1.60 bits per heavy atom. The molecule has 0 amide bonds. The van der Waals surface area contributed by atoms with Gasteiger partial charge in [-0.3, -0.25) is 0 Å². The van der Waals surface area contributed by atoms with Crippen LogP contribution in [0.1, 0.15) is 46.5 Å². The number of ether oxygens (including phenoxy) is 1. The molecule has 15 heavy (non-hydrogen) atoms. The summed E-state index contributed by atoms with van der Waals surface area (Å²) < 4.78 is 5.26. The molecule has 0 bridgehead atoms. The van der Waals surface area contributed by atoms with Gasteiger partial charge in [-0.05, 0) is 25.2 Å². The maximum atomic E-state index is 7.00. The monoisotopic (exact) mass is 218 g/mol. The summed E-state index contributed by atoms with van der Waals surface area (Å²) in [5, 5.41) is 7.00. The topological polar surface area (TPSA) is 29.5 Å². The Morgan fingerprint density at radius 1 is 1.13 bits per heavy atom. The van der Waals surface area contributed by atoms with Gasteiger partial charge in [0.1, 0.15) is 0 Å². The van der Waals surface area contributed by atoms with Crippen LogP contribution in [0.5, 0.6) is 0 Å². The van der Waals surface area contributed by atoms with Crippen molar-refractivity contribution >= 4 is 0 Å². The van der Waals surface area contributed by atoms with Crippen molar-refractivity contribution in [1.29, 1.82) is 0 Å². The molecule has 94 valence electrons. The molecular formula is C13H30O2. The number of aliphatic hydroxyl groups is 1. The van der Waals surface area contributed by atoms with E-state index >= 15 is 0 Å². The number of hydrogen-bond acceptors (Lipinski definition) is 2. The van der Waals surface area contributed by atoms with E-state index in [0.717, 1.165) is 26.2 Å². The molecule has 0 aromatic rings. The van der Waals surface area contributed by atoms with Crippen LogP contribution >= 0.6 is 0 Å². The summed E-state index contributed by atoms with van der Waals surface area (Å²) in [6.07, 6.45) is 5.14. The molecule has 2 nitrogen and oxygen atoms in total. The first-order valence-corrected chi connectivity index (χ1v) is 5.83. The van der Waals surface area contributed by atoms with E-state index in [0.29, 0.717) is 0 Å². The van der Waals surface area contributed by atoms with Crippen LogP contribution in [0.15, 0.2) is 13.2 Å². The summed E-state index contributed by atoms with van der Waals surface area (Å²) in [6.45, 7) is 14.5. The fraction of sp³-hybridized carbons (Fsp3) is 0.846. The highest BCUT2D eigenvalue weighted by atomic mass is 16.5. The zero-order valence-electron chi connectivity index (χ0n) is 11.1. The maximum absolute atomic E-state index is 7.00. The van der Waals surface area contributed by atoms with E-state index in [-0.39, 0.29) is 0 Å². The summed E-state index contributed by atoms with van der Waals surface area (Å²) in [5.41, 5.74) is 0. The highest BCUT2D eigenvalue weighted by molar-refractivity contribution is 4.55. The SMILES string of the molecule is C=C.CC1CCCOCC1.CCC.CO. The van der Waals surface area contributed by atoms with Crippen molar-refractivity contribution in [3.05, 3.63) is 13.2 Å². The van der Waals surface area contributed by atoms with Crippen molar-refractivity contribution in [3.63, 3.8) is 0 Å². The van der Waals surface area contributed by atoms with Gasteiger partial charge in [0.05, 0.1) is 0 Å². The summed E-state index contributed by atoms with van der Waals surface area (Å²) in [5.74, 6) is 0.900. The molecule has 1 saturated heterocycles. The van der Waals surface area contributed by atoms with Crippen molar-refractivity contribution in [2.75, 3.05) is 20.3 Å². The fourth-order valence-corrected chi connectivity index (χ4v) is 1.06. The molecule has 1 unspecified atom stereocenters. The Balaban J connectivity index is -0.000000176. The summed E-state index contributed by atoms with van der Waals surface area (Å²) in [6, 6.07) is 0. The third-order valence-electron chi connectivity index (χ3n) is 1.74. The fourth-order valence-electron chi connectivity index (χ4n) is 1.06. The van der Waals surface area contributed by atoms with E-state index in [2.05, 4.69) is 33.9 Å². The first kappa shape index (κ1) is 20.1. The van der Waals surface area contributed by atoms with Gasteiger partial charge in [0.2, 0.25) is 0 Å². The van der Waals surface area contributed by atoms with Crippen molar-refractivity contribution in [2.24, 2.45) is 5.92 Å². The third kappa shape index (κ3) is 24.8. The normalized spacial score (nSPS) is 18.9. The molecule has 2 heteroatoms. The Morgan fingerprint density at radius 3 is 2.07 bits per heavy atom. The van der Waals surface area contributed by atoms with Gasteiger partial charge in [-0.1, -0.05) is 27.2 Å². The molecule has 1 N–H and O–H groups in total. The van der Waals surface area contributed by atoms with Crippen LogP contribution in [0.4, 0.5) is 0 Å². The molecule has 1 atom stereocenters. The molecule has 1 aliphatic heterocycles. The highest BCUT2D eigenvalue weighted by Crippen LogP contribution is 2.13. The van der Waals surface area contributed by atoms with E-state index in [9.17, 15) is 0 Å². The summed E-state index contributed by atoms with van der Waals surface area (Å²) in [4.78, 5) is 0. The van der Waals surface area contributed by atoms with Gasteiger partial charge in [0.25, 0.3) is 0 Å². The minimum Gasteiger partial charge on any atom is -0.400 e. The molecule has 0 radical (unpaired) electrons. The van der Waals surface area contributed by atoms with E-state index in [1.54, 1.807) is 0 Å². The molecular weight excluding hydrogens is 188 g/mol. The summed E-state index contributed by atoms with van der Waals surface area (Å²) >= 11 is 0. The number of hydrogen-bond donors (Lipinski definition) is 1. The van der Waals surface area contributed by atoms with Crippen LogP contribution in [-0.2, 0) is 4.74 Å². The van der Waals surface area contributed by atoms with Crippen LogP contribution < -0.4 is 0 Å². The van der Waals surface area contributed by atoms with E-state index < -0.39 is 0 Å². The molecule has 0 saturated carbocycles. The largest absolute Gasteiger partial charge is 0.400 e. The molecule has 1 aliphatic rings. The van der Waals surface area contributed by atoms with E-state index in [4.69, 9.17) is 9.84 Å². The highest BCUT2D eigenvalue weighted by Gasteiger charge is 2.05. The van der Waals surface area contributed by atoms with E-state index in [1.165, 1.54) is 25.7 Å². The average molecular weight is 218 g/mol. The van der Waals surface area contributed by atoms with Gasteiger partial charge >= 0.3 is 0 Å². The standard InChI is InChI=1S/C7H14O.C3H8.C2H4.CH4O/c1-7-3-2-5-8-6-4-7;1-3-2;2*1-2/h7H,2-6H2,1H3;3H2,1-2H3;1-2H2;2H,1H3. The smallest absolute Gasteiger partial charge is 0.0468 e. The van der Waals surface area contributed by atoms with Crippen LogP contribution in [0.2, 0.25) is 0 Å². The molecule has 0 aliphatic carbocycles. The molecule has 1 heterocycles. The predicted octanol–water partition coefficient (Wildman–Crippen LogP) is 3.65. The lowest BCUT2D eigenvalue weighted by atomic mass is 10.0. The number of aliphatic hydroxyl groups excluding tert-OH is 1.